The highest BCUT2D eigenvalue weighted by atomic mass is 16.5. The molecule has 1 N–H and O–H groups in total. The van der Waals surface area contributed by atoms with Gasteiger partial charge in [-0.25, -0.2) is 4.68 Å². The first-order valence-corrected chi connectivity index (χ1v) is 8.77. The molecule has 0 spiro atoms. The molecular formula is C19H26N4O2. The van der Waals surface area contributed by atoms with Gasteiger partial charge in [-0.3, -0.25) is 9.69 Å². The van der Waals surface area contributed by atoms with E-state index in [0.29, 0.717) is 12.2 Å². The van der Waals surface area contributed by atoms with Crippen LogP contribution in [-0.2, 0) is 4.74 Å². The molecule has 1 fully saturated rings. The quantitative estimate of drug-likeness (QED) is 0.901. The van der Waals surface area contributed by atoms with Gasteiger partial charge in [0.25, 0.3) is 5.91 Å². The summed E-state index contributed by atoms with van der Waals surface area (Å²) in [4.78, 5) is 14.7. The number of nitrogens with zero attached hydrogens (tertiary/aromatic N) is 3. The van der Waals surface area contributed by atoms with Crippen LogP contribution in [0.1, 0.15) is 27.3 Å². The molecule has 6 nitrogen and oxygen atoms in total. The minimum absolute atomic E-state index is 0.126. The Morgan fingerprint density at radius 3 is 2.64 bits per heavy atom. The minimum atomic E-state index is -0.126. The summed E-state index contributed by atoms with van der Waals surface area (Å²) in [5.41, 5.74) is 4.84. The van der Waals surface area contributed by atoms with Crippen molar-refractivity contribution in [2.24, 2.45) is 0 Å². The first-order valence-electron chi connectivity index (χ1n) is 8.77. The van der Waals surface area contributed by atoms with Crippen LogP contribution in [0, 0.1) is 20.8 Å². The predicted molar refractivity (Wildman–Crippen MR) is 97.4 cm³/mol. The molecule has 1 aliphatic heterocycles. The monoisotopic (exact) mass is 342 g/mol. The van der Waals surface area contributed by atoms with Crippen LogP contribution in [0.3, 0.4) is 0 Å². The van der Waals surface area contributed by atoms with E-state index in [0.717, 1.165) is 44.2 Å². The van der Waals surface area contributed by atoms with Crippen LogP contribution in [-0.4, -0.2) is 60.0 Å². The minimum Gasteiger partial charge on any atom is -0.379 e. The summed E-state index contributed by atoms with van der Waals surface area (Å²) in [6, 6.07) is 8.03. The lowest BCUT2D eigenvalue weighted by Gasteiger charge is -2.26. The van der Waals surface area contributed by atoms with Gasteiger partial charge >= 0.3 is 0 Å². The Balaban J connectivity index is 1.62. The number of aryl methyl sites for hydroxylation is 3. The van der Waals surface area contributed by atoms with Crippen molar-refractivity contribution in [1.82, 2.24) is 20.0 Å². The number of ether oxygens (including phenoxy) is 1. The molecule has 1 saturated heterocycles. The first kappa shape index (κ1) is 17.6. The van der Waals surface area contributed by atoms with Gasteiger partial charge in [-0.2, -0.15) is 5.10 Å². The van der Waals surface area contributed by atoms with Crippen LogP contribution >= 0.6 is 0 Å². The highest BCUT2D eigenvalue weighted by molar-refractivity contribution is 5.92. The van der Waals surface area contributed by atoms with Crippen molar-refractivity contribution in [1.29, 1.82) is 0 Å². The van der Waals surface area contributed by atoms with E-state index in [9.17, 15) is 4.79 Å². The first-order chi connectivity index (χ1) is 12.0. The summed E-state index contributed by atoms with van der Waals surface area (Å²) < 4.78 is 7.15. The van der Waals surface area contributed by atoms with E-state index in [4.69, 9.17) is 4.74 Å². The topological polar surface area (TPSA) is 59.4 Å². The smallest absolute Gasteiger partial charge is 0.271 e. The number of morpholine rings is 1. The SMILES string of the molecule is Cc1ccc(-n2nc(C(=O)NCCN3CCOCC3)cc2C)cc1C. The predicted octanol–water partition coefficient (Wildman–Crippen LogP) is 1.86. The van der Waals surface area contributed by atoms with Crippen molar-refractivity contribution in [3.8, 4) is 5.69 Å². The van der Waals surface area contributed by atoms with Gasteiger partial charge < -0.3 is 10.1 Å². The average Bonchev–Trinajstić information content (AvgIpc) is 3.00. The maximum absolute atomic E-state index is 12.4. The Kier molecular flexibility index (Phi) is 5.50. The van der Waals surface area contributed by atoms with Crippen LogP contribution in [0.4, 0.5) is 0 Å². The molecule has 1 aromatic heterocycles. The Bertz CT molecular complexity index is 748. The largest absolute Gasteiger partial charge is 0.379 e. The third-order valence-electron chi connectivity index (χ3n) is 4.67. The van der Waals surface area contributed by atoms with Gasteiger partial charge in [0.2, 0.25) is 0 Å². The summed E-state index contributed by atoms with van der Waals surface area (Å²) in [7, 11) is 0. The normalized spacial score (nSPS) is 15.3. The third kappa shape index (κ3) is 4.27. The zero-order valence-corrected chi connectivity index (χ0v) is 15.2. The van der Waals surface area contributed by atoms with E-state index in [1.807, 2.05) is 23.7 Å². The standard InChI is InChI=1S/C19H26N4O2/c1-14-4-5-17(12-15(14)2)23-16(3)13-18(21-23)19(24)20-6-7-22-8-10-25-11-9-22/h4-5,12-13H,6-11H2,1-3H3,(H,20,24). The molecule has 0 saturated carbocycles. The number of benzene rings is 1. The maximum atomic E-state index is 12.4. The molecule has 1 aromatic carbocycles. The molecule has 1 aliphatic rings. The Morgan fingerprint density at radius 2 is 1.92 bits per heavy atom. The Hall–Kier alpha value is -2.18. The molecule has 3 rings (SSSR count). The number of amides is 1. The molecule has 0 unspecified atom stereocenters. The van der Waals surface area contributed by atoms with Crippen LogP contribution < -0.4 is 5.32 Å². The fourth-order valence-corrected chi connectivity index (χ4v) is 2.95. The van der Waals surface area contributed by atoms with Crippen molar-refractivity contribution in [3.05, 3.63) is 46.8 Å². The van der Waals surface area contributed by atoms with Gasteiger partial charge in [0, 0.05) is 31.9 Å². The molecule has 2 aromatic rings. The fourth-order valence-electron chi connectivity index (χ4n) is 2.95. The molecule has 2 heterocycles. The summed E-state index contributed by atoms with van der Waals surface area (Å²) >= 11 is 0. The highest BCUT2D eigenvalue weighted by Crippen LogP contribution is 2.16. The number of hydrogen-bond acceptors (Lipinski definition) is 4. The Labute approximate surface area is 148 Å². The summed E-state index contributed by atoms with van der Waals surface area (Å²) in [5, 5.41) is 7.45. The van der Waals surface area contributed by atoms with Crippen LogP contribution in [0.25, 0.3) is 5.69 Å². The van der Waals surface area contributed by atoms with E-state index < -0.39 is 0 Å². The van der Waals surface area contributed by atoms with Crippen molar-refractivity contribution in [3.63, 3.8) is 0 Å². The zero-order valence-electron chi connectivity index (χ0n) is 15.2. The van der Waals surface area contributed by atoms with E-state index in [1.165, 1.54) is 11.1 Å². The second-order valence-corrected chi connectivity index (χ2v) is 6.56. The number of carbonyl (C=O) groups excluding carboxylic acids is 1. The molecule has 0 radical (unpaired) electrons. The number of nitrogens with one attached hydrogen (secondary N) is 1. The van der Waals surface area contributed by atoms with Gasteiger partial charge in [0.1, 0.15) is 0 Å². The van der Waals surface area contributed by atoms with Crippen molar-refractivity contribution >= 4 is 5.91 Å². The third-order valence-corrected chi connectivity index (χ3v) is 4.67. The molecule has 0 atom stereocenters. The molecule has 25 heavy (non-hydrogen) atoms. The summed E-state index contributed by atoms with van der Waals surface area (Å²) in [5.74, 6) is -0.126. The van der Waals surface area contributed by atoms with Crippen LogP contribution in [0.15, 0.2) is 24.3 Å². The second kappa shape index (κ2) is 7.80. The van der Waals surface area contributed by atoms with Gasteiger partial charge in [-0.15, -0.1) is 0 Å². The lowest BCUT2D eigenvalue weighted by molar-refractivity contribution is 0.0383. The van der Waals surface area contributed by atoms with Crippen molar-refractivity contribution in [2.45, 2.75) is 20.8 Å². The van der Waals surface area contributed by atoms with Gasteiger partial charge in [-0.05, 0) is 50.1 Å². The summed E-state index contributed by atoms with van der Waals surface area (Å²) in [6.45, 7) is 11.0. The molecule has 134 valence electrons. The fraction of sp³-hybridized carbons (Fsp3) is 0.474. The number of hydrogen-bond donors (Lipinski definition) is 1. The number of aromatic nitrogens is 2. The molecule has 6 heteroatoms. The summed E-state index contributed by atoms with van der Waals surface area (Å²) in [6.07, 6.45) is 0. The molecule has 1 amide bonds. The van der Waals surface area contributed by atoms with E-state index in [2.05, 4.69) is 41.3 Å². The number of rotatable bonds is 5. The van der Waals surface area contributed by atoms with Crippen molar-refractivity contribution in [2.75, 3.05) is 39.4 Å². The van der Waals surface area contributed by atoms with E-state index in [-0.39, 0.29) is 5.91 Å². The molecule has 0 bridgehead atoms. The van der Waals surface area contributed by atoms with Gasteiger partial charge in [0.05, 0.1) is 18.9 Å². The Morgan fingerprint density at radius 1 is 1.16 bits per heavy atom. The molecular weight excluding hydrogens is 316 g/mol. The van der Waals surface area contributed by atoms with E-state index >= 15 is 0 Å². The zero-order chi connectivity index (χ0) is 17.8. The lowest BCUT2D eigenvalue weighted by Crippen LogP contribution is -2.41. The average molecular weight is 342 g/mol. The van der Waals surface area contributed by atoms with Gasteiger partial charge in [-0.1, -0.05) is 6.07 Å². The second-order valence-electron chi connectivity index (χ2n) is 6.56. The lowest BCUT2D eigenvalue weighted by atomic mass is 10.1. The van der Waals surface area contributed by atoms with Crippen LogP contribution in [0.5, 0.6) is 0 Å². The van der Waals surface area contributed by atoms with Gasteiger partial charge in [0.15, 0.2) is 5.69 Å². The maximum Gasteiger partial charge on any atom is 0.271 e. The highest BCUT2D eigenvalue weighted by Gasteiger charge is 2.15. The number of carbonyl (C=O) groups is 1. The van der Waals surface area contributed by atoms with Crippen molar-refractivity contribution < 1.29 is 9.53 Å². The van der Waals surface area contributed by atoms with E-state index in [1.54, 1.807) is 0 Å². The molecule has 0 aliphatic carbocycles. The van der Waals surface area contributed by atoms with Crippen LogP contribution in [0.2, 0.25) is 0 Å².